The molecule has 0 amide bonds. The van der Waals surface area contributed by atoms with Gasteiger partial charge in [-0.25, -0.2) is 0 Å². The van der Waals surface area contributed by atoms with E-state index in [1.54, 1.807) is 0 Å². The van der Waals surface area contributed by atoms with Gasteiger partial charge in [0.15, 0.2) is 0 Å². The number of rotatable bonds is 4. The Morgan fingerprint density at radius 1 is 1.06 bits per heavy atom. The molecule has 2 rings (SSSR count). The maximum atomic E-state index is 6.02. The summed E-state index contributed by atoms with van der Waals surface area (Å²) in [5.41, 5.74) is 1.43. The normalized spacial score (nSPS) is 17.4. The summed E-state index contributed by atoms with van der Waals surface area (Å²) >= 11 is 0. The average Bonchev–Trinajstić information content (AvgIpc) is 2.32. The van der Waals surface area contributed by atoms with E-state index in [9.17, 15) is 0 Å². The lowest BCUT2D eigenvalue weighted by atomic mass is 9.98. The summed E-state index contributed by atoms with van der Waals surface area (Å²) < 4.78 is 6.02. The summed E-state index contributed by atoms with van der Waals surface area (Å²) in [6.45, 7) is 0. The largest absolute Gasteiger partial charge is 0.490 e. The molecule has 0 radical (unpaired) electrons. The van der Waals surface area contributed by atoms with Crippen molar-refractivity contribution in [2.24, 2.45) is 0 Å². The maximum Gasteiger partial charge on any atom is 0.132 e. The Balaban J connectivity index is 1.88. The van der Waals surface area contributed by atoms with Gasteiger partial charge in [0, 0.05) is 5.56 Å². The number of ether oxygens (including phenoxy) is 1. The zero-order chi connectivity index (χ0) is 12.1. The van der Waals surface area contributed by atoms with Crippen molar-refractivity contribution < 1.29 is 4.74 Å². The number of hydrogen-bond acceptors (Lipinski definition) is 1. The SMILES string of the molecule is C[S+](C)Cc1ccc(OC2CCCCC2)cc1. The highest BCUT2D eigenvalue weighted by Gasteiger charge is 2.14. The zero-order valence-corrected chi connectivity index (χ0v) is 11.8. The van der Waals surface area contributed by atoms with Crippen LogP contribution in [0.1, 0.15) is 37.7 Å². The Morgan fingerprint density at radius 2 is 1.71 bits per heavy atom. The number of benzene rings is 1. The molecule has 94 valence electrons. The van der Waals surface area contributed by atoms with Gasteiger partial charge in [-0.2, -0.15) is 0 Å². The van der Waals surface area contributed by atoms with E-state index in [-0.39, 0.29) is 0 Å². The van der Waals surface area contributed by atoms with Crippen molar-refractivity contribution in [2.45, 2.75) is 44.0 Å². The molecule has 0 spiro atoms. The van der Waals surface area contributed by atoms with Gasteiger partial charge in [-0.1, -0.05) is 18.6 Å². The van der Waals surface area contributed by atoms with Crippen LogP contribution < -0.4 is 4.74 Å². The molecule has 1 nitrogen and oxygen atoms in total. The van der Waals surface area contributed by atoms with Crippen LogP contribution in [0.3, 0.4) is 0 Å². The van der Waals surface area contributed by atoms with Crippen LogP contribution in [-0.4, -0.2) is 18.6 Å². The zero-order valence-electron chi connectivity index (χ0n) is 10.9. The lowest BCUT2D eigenvalue weighted by Gasteiger charge is -2.23. The third kappa shape index (κ3) is 4.27. The van der Waals surface area contributed by atoms with E-state index in [1.165, 1.54) is 43.4 Å². The molecule has 0 saturated heterocycles. The first-order valence-electron chi connectivity index (χ1n) is 6.54. The molecule has 2 heteroatoms. The Bertz CT molecular complexity index is 325. The molecule has 0 N–H and O–H groups in total. The molecule has 0 aromatic heterocycles. The van der Waals surface area contributed by atoms with Gasteiger partial charge in [-0.15, -0.1) is 0 Å². The highest BCUT2D eigenvalue weighted by Crippen LogP contribution is 2.23. The second-order valence-electron chi connectivity index (χ2n) is 5.15. The van der Waals surface area contributed by atoms with Gasteiger partial charge in [-0.05, 0) is 48.7 Å². The van der Waals surface area contributed by atoms with Gasteiger partial charge in [0.05, 0.1) is 18.6 Å². The summed E-state index contributed by atoms with van der Waals surface area (Å²) in [6.07, 6.45) is 11.5. The smallest absolute Gasteiger partial charge is 0.132 e. The monoisotopic (exact) mass is 251 g/mol. The van der Waals surface area contributed by atoms with E-state index in [1.807, 2.05) is 0 Å². The van der Waals surface area contributed by atoms with Crippen molar-refractivity contribution in [2.75, 3.05) is 12.5 Å². The molecule has 0 heterocycles. The molecule has 17 heavy (non-hydrogen) atoms. The molecule has 1 aliphatic carbocycles. The summed E-state index contributed by atoms with van der Waals surface area (Å²) in [6, 6.07) is 8.70. The highest BCUT2D eigenvalue weighted by molar-refractivity contribution is 7.94. The summed E-state index contributed by atoms with van der Waals surface area (Å²) in [7, 11) is 0.480. The van der Waals surface area contributed by atoms with Crippen LogP contribution in [0.25, 0.3) is 0 Å². The third-order valence-electron chi connectivity index (χ3n) is 3.23. The van der Waals surface area contributed by atoms with Crippen molar-refractivity contribution >= 4 is 10.9 Å². The van der Waals surface area contributed by atoms with E-state index < -0.39 is 0 Å². The minimum atomic E-state index is 0.460. The van der Waals surface area contributed by atoms with E-state index in [2.05, 4.69) is 36.8 Å². The van der Waals surface area contributed by atoms with Crippen LogP contribution in [-0.2, 0) is 16.6 Å². The molecule has 1 aromatic carbocycles. The van der Waals surface area contributed by atoms with Crippen LogP contribution >= 0.6 is 0 Å². The van der Waals surface area contributed by atoms with Crippen molar-refractivity contribution in [3.8, 4) is 5.75 Å². The van der Waals surface area contributed by atoms with Crippen LogP contribution in [0.15, 0.2) is 24.3 Å². The van der Waals surface area contributed by atoms with E-state index in [0.29, 0.717) is 17.0 Å². The van der Waals surface area contributed by atoms with Crippen molar-refractivity contribution in [1.82, 2.24) is 0 Å². The van der Waals surface area contributed by atoms with E-state index in [0.717, 1.165) is 5.75 Å². The fourth-order valence-electron chi connectivity index (χ4n) is 2.37. The van der Waals surface area contributed by atoms with E-state index >= 15 is 0 Å². The molecule has 1 fully saturated rings. The Hall–Kier alpha value is -0.630. The topological polar surface area (TPSA) is 9.23 Å². The molecular weight excluding hydrogens is 228 g/mol. The Morgan fingerprint density at radius 3 is 2.29 bits per heavy atom. The lowest BCUT2D eigenvalue weighted by Crippen LogP contribution is -2.19. The highest BCUT2D eigenvalue weighted by atomic mass is 32.2. The van der Waals surface area contributed by atoms with Gasteiger partial charge < -0.3 is 4.74 Å². The minimum absolute atomic E-state index is 0.460. The van der Waals surface area contributed by atoms with Crippen molar-refractivity contribution in [1.29, 1.82) is 0 Å². The molecule has 0 atom stereocenters. The minimum Gasteiger partial charge on any atom is -0.490 e. The molecule has 0 aliphatic heterocycles. The molecule has 0 unspecified atom stereocenters. The fraction of sp³-hybridized carbons (Fsp3) is 0.600. The first kappa shape index (κ1) is 12.8. The van der Waals surface area contributed by atoms with Gasteiger partial charge >= 0.3 is 0 Å². The molecule has 0 bridgehead atoms. The lowest BCUT2D eigenvalue weighted by molar-refractivity contribution is 0.155. The molecule has 1 saturated carbocycles. The Kier molecular flexibility index (Phi) is 4.78. The Labute approximate surface area is 108 Å². The molecule has 1 aromatic rings. The van der Waals surface area contributed by atoms with E-state index in [4.69, 9.17) is 4.74 Å². The summed E-state index contributed by atoms with van der Waals surface area (Å²) in [4.78, 5) is 0. The number of hydrogen-bond donors (Lipinski definition) is 0. The molecular formula is C15H23OS+. The molecule has 1 aliphatic rings. The summed E-state index contributed by atoms with van der Waals surface area (Å²) in [5, 5.41) is 0. The fourth-order valence-corrected chi connectivity index (χ4v) is 3.23. The van der Waals surface area contributed by atoms with Gasteiger partial charge in [0.25, 0.3) is 0 Å². The first-order valence-corrected chi connectivity index (χ1v) is 8.75. The second-order valence-corrected chi connectivity index (χ2v) is 7.41. The summed E-state index contributed by atoms with van der Waals surface area (Å²) in [5.74, 6) is 2.23. The predicted octanol–water partition coefficient (Wildman–Crippen LogP) is 3.78. The predicted molar refractivity (Wildman–Crippen MR) is 76.9 cm³/mol. The second kappa shape index (κ2) is 6.34. The van der Waals surface area contributed by atoms with Gasteiger partial charge in [0.1, 0.15) is 11.5 Å². The average molecular weight is 251 g/mol. The first-order chi connectivity index (χ1) is 8.24. The van der Waals surface area contributed by atoms with Gasteiger partial charge in [-0.3, -0.25) is 0 Å². The van der Waals surface area contributed by atoms with Crippen molar-refractivity contribution in [3.63, 3.8) is 0 Å². The van der Waals surface area contributed by atoms with Crippen LogP contribution in [0.4, 0.5) is 0 Å². The maximum absolute atomic E-state index is 6.02. The standard InChI is InChI=1S/C15H23OS/c1-17(2)12-13-8-10-15(11-9-13)16-14-6-4-3-5-7-14/h8-11,14H,3-7,12H2,1-2H3/q+1. The van der Waals surface area contributed by atoms with Crippen LogP contribution in [0.2, 0.25) is 0 Å². The quantitative estimate of drug-likeness (QED) is 0.740. The van der Waals surface area contributed by atoms with Crippen LogP contribution in [0, 0.1) is 0 Å². The van der Waals surface area contributed by atoms with Crippen molar-refractivity contribution in [3.05, 3.63) is 29.8 Å². The van der Waals surface area contributed by atoms with Gasteiger partial charge in [0.2, 0.25) is 0 Å². The van der Waals surface area contributed by atoms with Crippen LogP contribution in [0.5, 0.6) is 5.75 Å². The third-order valence-corrected chi connectivity index (χ3v) is 4.14.